The normalized spacial score (nSPS) is 10.5. The van der Waals surface area contributed by atoms with Gasteiger partial charge in [0.1, 0.15) is 0 Å². The van der Waals surface area contributed by atoms with Gasteiger partial charge in [0.2, 0.25) is 5.75 Å². The van der Waals surface area contributed by atoms with Crippen LogP contribution >= 0.6 is 0 Å². The Hall–Kier alpha value is -3.15. The molecule has 25 heavy (non-hydrogen) atoms. The SMILES string of the molecule is COc1cc(CNC(=O)c2c[nH]c3ccccc23)cc(OC)c1OC. The van der Waals surface area contributed by atoms with Gasteiger partial charge in [0.25, 0.3) is 5.91 Å². The summed E-state index contributed by atoms with van der Waals surface area (Å²) in [5, 5.41) is 3.82. The first kappa shape index (κ1) is 16.7. The Labute approximate surface area is 145 Å². The zero-order valence-corrected chi connectivity index (χ0v) is 14.4. The Morgan fingerprint density at radius 3 is 2.36 bits per heavy atom. The van der Waals surface area contributed by atoms with Crippen LogP contribution in [0, 0.1) is 0 Å². The Morgan fingerprint density at radius 1 is 1.04 bits per heavy atom. The van der Waals surface area contributed by atoms with Gasteiger partial charge >= 0.3 is 0 Å². The van der Waals surface area contributed by atoms with Gasteiger partial charge < -0.3 is 24.5 Å². The minimum absolute atomic E-state index is 0.147. The van der Waals surface area contributed by atoms with Crippen LogP contribution in [0.2, 0.25) is 0 Å². The van der Waals surface area contributed by atoms with Crippen molar-refractivity contribution in [2.24, 2.45) is 0 Å². The smallest absolute Gasteiger partial charge is 0.253 e. The standard InChI is InChI=1S/C19H20N2O4/c1-23-16-8-12(9-17(24-2)18(16)25-3)10-21-19(22)14-11-20-15-7-5-4-6-13(14)15/h4-9,11,20H,10H2,1-3H3,(H,21,22). The second-order valence-electron chi connectivity index (χ2n) is 5.46. The van der Waals surface area contributed by atoms with Crippen molar-refractivity contribution in [3.05, 3.63) is 53.7 Å². The molecule has 2 N–H and O–H groups in total. The van der Waals surface area contributed by atoms with Gasteiger partial charge in [-0.25, -0.2) is 0 Å². The van der Waals surface area contributed by atoms with E-state index in [2.05, 4.69) is 10.3 Å². The lowest BCUT2D eigenvalue weighted by molar-refractivity contribution is 0.0952. The highest BCUT2D eigenvalue weighted by Crippen LogP contribution is 2.38. The van der Waals surface area contributed by atoms with Crippen LogP contribution in [0.25, 0.3) is 10.9 Å². The van der Waals surface area contributed by atoms with E-state index in [4.69, 9.17) is 14.2 Å². The lowest BCUT2D eigenvalue weighted by Gasteiger charge is -2.14. The maximum atomic E-state index is 12.5. The highest BCUT2D eigenvalue weighted by Gasteiger charge is 2.15. The number of amides is 1. The number of nitrogens with one attached hydrogen (secondary N) is 2. The number of carbonyl (C=O) groups excluding carboxylic acids is 1. The van der Waals surface area contributed by atoms with E-state index in [1.165, 1.54) is 0 Å². The van der Waals surface area contributed by atoms with Crippen LogP contribution in [0.15, 0.2) is 42.6 Å². The Bertz CT molecular complexity index is 876. The predicted octanol–water partition coefficient (Wildman–Crippen LogP) is 3.12. The molecule has 0 aliphatic rings. The average molecular weight is 340 g/mol. The summed E-state index contributed by atoms with van der Waals surface area (Å²) in [5.41, 5.74) is 2.39. The van der Waals surface area contributed by atoms with E-state index in [0.717, 1.165) is 16.5 Å². The molecule has 2 aromatic carbocycles. The number of aromatic nitrogens is 1. The molecule has 0 atom stereocenters. The lowest BCUT2D eigenvalue weighted by atomic mass is 10.1. The first-order valence-corrected chi connectivity index (χ1v) is 7.81. The van der Waals surface area contributed by atoms with Gasteiger partial charge in [0.05, 0.1) is 26.9 Å². The van der Waals surface area contributed by atoms with Gasteiger partial charge in [0.15, 0.2) is 11.5 Å². The van der Waals surface area contributed by atoms with Crippen LogP contribution < -0.4 is 19.5 Å². The molecule has 6 heteroatoms. The molecule has 6 nitrogen and oxygen atoms in total. The minimum Gasteiger partial charge on any atom is -0.493 e. The van der Waals surface area contributed by atoms with Gasteiger partial charge in [-0.05, 0) is 23.8 Å². The third-order valence-corrected chi connectivity index (χ3v) is 4.01. The fourth-order valence-electron chi connectivity index (χ4n) is 2.77. The van der Waals surface area contributed by atoms with Crippen molar-refractivity contribution in [2.75, 3.05) is 21.3 Å². The van der Waals surface area contributed by atoms with Gasteiger partial charge in [-0.1, -0.05) is 18.2 Å². The predicted molar refractivity (Wildman–Crippen MR) is 95.6 cm³/mol. The van der Waals surface area contributed by atoms with E-state index >= 15 is 0 Å². The molecular formula is C19H20N2O4. The maximum absolute atomic E-state index is 12.5. The molecule has 1 aromatic heterocycles. The summed E-state index contributed by atoms with van der Waals surface area (Å²) < 4.78 is 16.0. The molecule has 3 aromatic rings. The van der Waals surface area contributed by atoms with Crippen LogP contribution in [0.5, 0.6) is 17.2 Å². The van der Waals surface area contributed by atoms with Gasteiger partial charge in [-0.3, -0.25) is 4.79 Å². The summed E-state index contributed by atoms with van der Waals surface area (Å²) in [4.78, 5) is 15.6. The zero-order valence-electron chi connectivity index (χ0n) is 14.4. The molecule has 1 amide bonds. The minimum atomic E-state index is -0.147. The van der Waals surface area contributed by atoms with E-state index in [0.29, 0.717) is 29.4 Å². The maximum Gasteiger partial charge on any atom is 0.253 e. The number of hydrogen-bond donors (Lipinski definition) is 2. The molecule has 0 aliphatic heterocycles. The number of methoxy groups -OCH3 is 3. The third-order valence-electron chi connectivity index (χ3n) is 4.01. The number of benzene rings is 2. The first-order valence-electron chi connectivity index (χ1n) is 7.81. The molecule has 1 heterocycles. The molecule has 0 saturated carbocycles. The van der Waals surface area contributed by atoms with Crippen LogP contribution in [0.4, 0.5) is 0 Å². The van der Waals surface area contributed by atoms with Crippen molar-refractivity contribution >= 4 is 16.8 Å². The van der Waals surface area contributed by atoms with Crippen molar-refractivity contribution in [3.63, 3.8) is 0 Å². The largest absolute Gasteiger partial charge is 0.493 e. The molecule has 0 radical (unpaired) electrons. The third kappa shape index (κ3) is 3.24. The number of H-pyrrole nitrogens is 1. The number of ether oxygens (including phenoxy) is 3. The number of fused-ring (bicyclic) bond motifs is 1. The summed E-state index contributed by atoms with van der Waals surface area (Å²) in [6, 6.07) is 11.3. The number of aromatic amines is 1. The molecule has 0 aliphatic carbocycles. The first-order chi connectivity index (χ1) is 12.2. The Balaban J connectivity index is 1.80. The molecule has 3 rings (SSSR count). The van der Waals surface area contributed by atoms with Crippen LogP contribution in [-0.2, 0) is 6.54 Å². The number of carbonyl (C=O) groups is 1. The summed E-state index contributed by atoms with van der Waals surface area (Å²) in [6.45, 7) is 0.342. The fourth-order valence-corrected chi connectivity index (χ4v) is 2.77. The summed E-state index contributed by atoms with van der Waals surface area (Å²) in [6.07, 6.45) is 1.72. The van der Waals surface area contributed by atoms with E-state index < -0.39 is 0 Å². The monoisotopic (exact) mass is 340 g/mol. The Kier molecular flexibility index (Phi) is 4.79. The van der Waals surface area contributed by atoms with Crippen LogP contribution in [0.1, 0.15) is 15.9 Å². The lowest BCUT2D eigenvalue weighted by Crippen LogP contribution is -2.22. The molecule has 0 unspecified atom stereocenters. The average Bonchev–Trinajstić information content (AvgIpc) is 3.09. The topological polar surface area (TPSA) is 72.6 Å². The molecule has 0 saturated heterocycles. The summed E-state index contributed by atoms with van der Waals surface area (Å²) in [5.74, 6) is 1.49. The zero-order chi connectivity index (χ0) is 17.8. The van der Waals surface area contributed by atoms with Crippen molar-refractivity contribution in [1.29, 1.82) is 0 Å². The second-order valence-corrected chi connectivity index (χ2v) is 5.46. The number of rotatable bonds is 6. The van der Waals surface area contributed by atoms with Crippen molar-refractivity contribution < 1.29 is 19.0 Å². The van der Waals surface area contributed by atoms with Gasteiger partial charge in [0, 0.05) is 23.6 Å². The van der Waals surface area contributed by atoms with Crippen molar-refractivity contribution in [2.45, 2.75) is 6.54 Å². The van der Waals surface area contributed by atoms with Gasteiger partial charge in [-0.2, -0.15) is 0 Å². The van der Waals surface area contributed by atoms with E-state index in [1.807, 2.05) is 36.4 Å². The van der Waals surface area contributed by atoms with Gasteiger partial charge in [-0.15, -0.1) is 0 Å². The molecule has 0 bridgehead atoms. The summed E-state index contributed by atoms with van der Waals surface area (Å²) in [7, 11) is 4.68. The fraction of sp³-hybridized carbons (Fsp3) is 0.211. The Morgan fingerprint density at radius 2 is 1.72 bits per heavy atom. The molecule has 0 spiro atoms. The second kappa shape index (κ2) is 7.17. The van der Waals surface area contributed by atoms with E-state index in [1.54, 1.807) is 27.5 Å². The quantitative estimate of drug-likeness (QED) is 0.723. The number of hydrogen-bond acceptors (Lipinski definition) is 4. The molecular weight excluding hydrogens is 320 g/mol. The van der Waals surface area contributed by atoms with Crippen LogP contribution in [-0.4, -0.2) is 32.2 Å². The summed E-state index contributed by atoms with van der Waals surface area (Å²) >= 11 is 0. The van der Waals surface area contributed by atoms with E-state index in [-0.39, 0.29) is 5.91 Å². The highest BCUT2D eigenvalue weighted by atomic mass is 16.5. The molecule has 0 fully saturated rings. The molecule has 130 valence electrons. The van der Waals surface area contributed by atoms with Crippen molar-refractivity contribution in [3.8, 4) is 17.2 Å². The highest BCUT2D eigenvalue weighted by molar-refractivity contribution is 6.06. The van der Waals surface area contributed by atoms with Crippen LogP contribution in [0.3, 0.4) is 0 Å². The number of para-hydroxylation sites is 1. The van der Waals surface area contributed by atoms with Crippen molar-refractivity contribution in [1.82, 2.24) is 10.3 Å². The van der Waals surface area contributed by atoms with E-state index in [9.17, 15) is 4.79 Å².